The van der Waals surface area contributed by atoms with E-state index < -0.39 is 12.1 Å². The molecule has 1 amide bonds. The maximum absolute atomic E-state index is 12.6. The molecule has 160 valence electrons. The number of amides is 1. The summed E-state index contributed by atoms with van der Waals surface area (Å²) in [6.45, 7) is 3.75. The van der Waals surface area contributed by atoms with Crippen LogP contribution in [0.3, 0.4) is 0 Å². The monoisotopic (exact) mass is 431 g/mol. The molecule has 0 unspecified atom stereocenters. The minimum Gasteiger partial charge on any atom is -0.329 e. The molecule has 0 aliphatic carbocycles. The second-order valence-electron chi connectivity index (χ2n) is 6.78. The quantitative estimate of drug-likeness (QED) is 0.516. The van der Waals surface area contributed by atoms with Crippen molar-refractivity contribution in [2.75, 3.05) is 5.32 Å². The predicted octanol–water partition coefficient (Wildman–Crippen LogP) is 3.38. The average molecular weight is 431 g/mol. The Balaban J connectivity index is 1.40. The average Bonchev–Trinajstić information content (AvgIpc) is 3.38. The Hall–Kier alpha value is -3.83. The Morgan fingerprint density at radius 1 is 1.16 bits per heavy atom. The van der Waals surface area contributed by atoms with Crippen LogP contribution in [0, 0.1) is 13.8 Å². The first kappa shape index (κ1) is 20.4. The van der Waals surface area contributed by atoms with E-state index in [1.165, 1.54) is 18.5 Å². The number of hydrogen-bond donors (Lipinski definition) is 1. The third-order valence-corrected chi connectivity index (χ3v) is 4.69. The van der Waals surface area contributed by atoms with Crippen LogP contribution >= 0.6 is 0 Å². The number of carbonyl (C=O) groups is 1. The number of alkyl halides is 3. The van der Waals surface area contributed by atoms with E-state index in [9.17, 15) is 18.0 Å². The van der Waals surface area contributed by atoms with Crippen LogP contribution in [0.5, 0.6) is 0 Å². The van der Waals surface area contributed by atoms with Gasteiger partial charge in [-0.1, -0.05) is 5.16 Å². The van der Waals surface area contributed by atoms with Crippen LogP contribution in [-0.2, 0) is 17.4 Å². The van der Waals surface area contributed by atoms with Gasteiger partial charge in [0.1, 0.15) is 6.33 Å². The molecule has 0 radical (unpaired) electrons. The zero-order valence-corrected chi connectivity index (χ0v) is 16.4. The number of aromatic nitrogens is 6. The first-order chi connectivity index (χ1) is 14.7. The molecule has 0 spiro atoms. The van der Waals surface area contributed by atoms with Crippen molar-refractivity contribution < 1.29 is 22.5 Å². The van der Waals surface area contributed by atoms with Crippen LogP contribution in [0.2, 0.25) is 0 Å². The van der Waals surface area contributed by atoms with Gasteiger partial charge in [0.25, 0.3) is 5.78 Å². The molecule has 0 saturated carbocycles. The van der Waals surface area contributed by atoms with E-state index in [1.54, 1.807) is 16.6 Å². The molecule has 4 rings (SSSR count). The van der Waals surface area contributed by atoms with E-state index in [4.69, 9.17) is 0 Å². The molecule has 3 aromatic heterocycles. The Kier molecular flexibility index (Phi) is 5.13. The first-order valence-corrected chi connectivity index (χ1v) is 9.19. The van der Waals surface area contributed by atoms with Gasteiger partial charge in [-0.15, -0.1) is 0 Å². The summed E-state index contributed by atoms with van der Waals surface area (Å²) in [6.07, 6.45) is -2.60. The summed E-state index contributed by atoms with van der Waals surface area (Å²) in [4.78, 5) is 24.1. The number of anilines is 1. The number of nitrogens with one attached hydrogen (secondary N) is 1. The maximum Gasteiger partial charge on any atom is 0.471 e. The number of fused-ring (bicyclic) bond motifs is 1. The van der Waals surface area contributed by atoms with Crippen molar-refractivity contribution in [2.45, 2.75) is 32.9 Å². The van der Waals surface area contributed by atoms with Gasteiger partial charge in [-0.25, -0.2) is 9.50 Å². The molecule has 0 atom stereocenters. The highest BCUT2D eigenvalue weighted by atomic mass is 19.4. The second kappa shape index (κ2) is 7.78. The standard InChI is InChI=1S/C19H16F3N7O2/c1-10-14(11(2)29-18(25-10)23-9-24-29)7-8-15(30)26-13-5-3-12(4-6-13)16-27-17(31-28-16)19(20,21)22/h3-6,9H,7-8H2,1-2H3,(H,26,30). The third-order valence-electron chi connectivity index (χ3n) is 4.69. The van der Waals surface area contributed by atoms with Crippen LogP contribution < -0.4 is 5.32 Å². The van der Waals surface area contributed by atoms with Gasteiger partial charge in [-0.3, -0.25) is 4.79 Å². The van der Waals surface area contributed by atoms with E-state index >= 15 is 0 Å². The van der Waals surface area contributed by atoms with Gasteiger partial charge in [-0.2, -0.15) is 28.2 Å². The van der Waals surface area contributed by atoms with Gasteiger partial charge in [0.05, 0.1) is 0 Å². The summed E-state index contributed by atoms with van der Waals surface area (Å²) in [5, 5.41) is 10.2. The van der Waals surface area contributed by atoms with Crippen molar-refractivity contribution in [1.29, 1.82) is 0 Å². The summed E-state index contributed by atoms with van der Waals surface area (Å²) in [6, 6.07) is 6.10. The predicted molar refractivity (Wildman–Crippen MR) is 102 cm³/mol. The van der Waals surface area contributed by atoms with Crippen molar-refractivity contribution >= 4 is 17.4 Å². The van der Waals surface area contributed by atoms with Crippen LogP contribution in [0.15, 0.2) is 35.1 Å². The fourth-order valence-electron chi connectivity index (χ4n) is 3.14. The summed E-state index contributed by atoms with van der Waals surface area (Å²) in [7, 11) is 0. The molecule has 12 heteroatoms. The number of halogens is 3. The molecule has 9 nitrogen and oxygen atoms in total. The van der Waals surface area contributed by atoms with Crippen molar-refractivity contribution in [3.8, 4) is 11.4 Å². The number of hydrogen-bond acceptors (Lipinski definition) is 7. The molecule has 1 N–H and O–H groups in total. The number of aryl methyl sites for hydroxylation is 2. The molecule has 0 aliphatic heterocycles. The number of rotatable bonds is 5. The molecule has 0 bridgehead atoms. The Morgan fingerprint density at radius 3 is 2.58 bits per heavy atom. The van der Waals surface area contributed by atoms with Gasteiger partial charge in [-0.05, 0) is 50.1 Å². The molecule has 0 fully saturated rings. The zero-order chi connectivity index (χ0) is 22.2. The van der Waals surface area contributed by atoms with Gasteiger partial charge in [0.2, 0.25) is 11.7 Å². The highest BCUT2D eigenvalue weighted by Crippen LogP contribution is 2.29. The summed E-state index contributed by atoms with van der Waals surface area (Å²) in [5.74, 6) is -1.31. The first-order valence-electron chi connectivity index (χ1n) is 9.19. The topological polar surface area (TPSA) is 111 Å². The van der Waals surface area contributed by atoms with Crippen LogP contribution in [0.1, 0.15) is 29.3 Å². The van der Waals surface area contributed by atoms with Gasteiger partial charge in [0, 0.05) is 29.1 Å². The lowest BCUT2D eigenvalue weighted by Gasteiger charge is -2.10. The fraction of sp³-hybridized carbons (Fsp3) is 0.263. The Morgan fingerprint density at radius 2 is 1.90 bits per heavy atom. The minimum absolute atomic E-state index is 0.188. The van der Waals surface area contributed by atoms with Crippen LogP contribution in [0.25, 0.3) is 17.2 Å². The summed E-state index contributed by atoms with van der Waals surface area (Å²) >= 11 is 0. The lowest BCUT2D eigenvalue weighted by atomic mass is 10.1. The second-order valence-corrected chi connectivity index (χ2v) is 6.78. The molecule has 3 heterocycles. The number of benzene rings is 1. The lowest BCUT2D eigenvalue weighted by Crippen LogP contribution is -2.14. The van der Waals surface area contributed by atoms with E-state index in [0.29, 0.717) is 23.4 Å². The van der Waals surface area contributed by atoms with Crippen molar-refractivity contribution in [3.05, 3.63) is 53.4 Å². The molecule has 31 heavy (non-hydrogen) atoms. The minimum atomic E-state index is -4.70. The molecular formula is C19H16F3N7O2. The molecule has 0 aliphatic rings. The van der Waals surface area contributed by atoms with Crippen LogP contribution in [0.4, 0.5) is 18.9 Å². The smallest absolute Gasteiger partial charge is 0.329 e. The number of carbonyl (C=O) groups excluding carboxylic acids is 1. The molecular weight excluding hydrogens is 415 g/mol. The van der Waals surface area contributed by atoms with Gasteiger partial charge < -0.3 is 9.84 Å². The fourth-order valence-corrected chi connectivity index (χ4v) is 3.14. The highest BCUT2D eigenvalue weighted by Gasteiger charge is 2.38. The molecule has 0 saturated heterocycles. The largest absolute Gasteiger partial charge is 0.471 e. The van der Waals surface area contributed by atoms with E-state index in [0.717, 1.165) is 17.0 Å². The van der Waals surface area contributed by atoms with E-state index in [-0.39, 0.29) is 18.2 Å². The summed E-state index contributed by atoms with van der Waals surface area (Å²) in [5.41, 5.74) is 3.40. The van der Waals surface area contributed by atoms with Crippen molar-refractivity contribution in [3.63, 3.8) is 0 Å². The van der Waals surface area contributed by atoms with Gasteiger partial charge in [0.15, 0.2) is 0 Å². The Labute approximate surface area is 173 Å². The highest BCUT2D eigenvalue weighted by molar-refractivity contribution is 5.91. The van der Waals surface area contributed by atoms with Gasteiger partial charge >= 0.3 is 12.1 Å². The number of nitrogens with zero attached hydrogens (tertiary/aromatic N) is 6. The molecule has 4 aromatic rings. The normalized spacial score (nSPS) is 11.8. The van der Waals surface area contributed by atoms with Crippen molar-refractivity contribution in [1.82, 2.24) is 29.7 Å². The lowest BCUT2D eigenvalue weighted by molar-refractivity contribution is -0.159. The van der Waals surface area contributed by atoms with E-state index in [2.05, 4.69) is 35.0 Å². The zero-order valence-electron chi connectivity index (χ0n) is 16.4. The molecule has 1 aromatic carbocycles. The maximum atomic E-state index is 12.6. The van der Waals surface area contributed by atoms with Crippen LogP contribution in [-0.4, -0.2) is 35.6 Å². The van der Waals surface area contributed by atoms with Crippen molar-refractivity contribution in [2.24, 2.45) is 0 Å². The van der Waals surface area contributed by atoms with E-state index in [1.807, 2.05) is 13.8 Å². The third kappa shape index (κ3) is 4.22. The SMILES string of the molecule is Cc1nc2ncnn2c(C)c1CCC(=O)Nc1ccc(-c2noc(C(F)(F)F)n2)cc1. The Bertz CT molecular complexity index is 1250. The summed E-state index contributed by atoms with van der Waals surface area (Å²) < 4.78 is 43.6.